The van der Waals surface area contributed by atoms with Gasteiger partial charge in [-0.2, -0.15) is 4.31 Å². The van der Waals surface area contributed by atoms with E-state index in [0.717, 1.165) is 25.2 Å². The molecule has 0 N–H and O–H groups in total. The van der Waals surface area contributed by atoms with E-state index in [4.69, 9.17) is 0 Å². The standard InChI is InChI=1S/C18H27N3O3S/c1-16-5-4-6-17(15-16)25(23,24)21-13-11-20(12-14-21)18(22)7-10-19-8-2-3-9-19/h4-6,15H,2-3,7-14H2,1H3. The molecule has 0 unspecified atom stereocenters. The summed E-state index contributed by atoms with van der Waals surface area (Å²) in [6, 6.07) is 6.98. The molecule has 2 aliphatic heterocycles. The second kappa shape index (κ2) is 7.85. The predicted octanol–water partition coefficient (Wildman–Crippen LogP) is 1.31. The van der Waals surface area contributed by atoms with Gasteiger partial charge in [0.05, 0.1) is 4.90 Å². The van der Waals surface area contributed by atoms with Gasteiger partial charge in [0.15, 0.2) is 0 Å². The molecule has 2 heterocycles. The Hall–Kier alpha value is -1.44. The lowest BCUT2D eigenvalue weighted by Crippen LogP contribution is -2.50. The zero-order chi connectivity index (χ0) is 17.9. The lowest BCUT2D eigenvalue weighted by Gasteiger charge is -2.34. The van der Waals surface area contributed by atoms with Crippen molar-refractivity contribution in [1.29, 1.82) is 0 Å². The van der Waals surface area contributed by atoms with E-state index in [1.54, 1.807) is 23.1 Å². The Kier molecular flexibility index (Phi) is 5.76. The fourth-order valence-corrected chi connectivity index (χ4v) is 5.05. The van der Waals surface area contributed by atoms with Gasteiger partial charge >= 0.3 is 0 Å². The Balaban J connectivity index is 1.53. The van der Waals surface area contributed by atoms with E-state index >= 15 is 0 Å². The van der Waals surface area contributed by atoms with Gasteiger partial charge < -0.3 is 9.80 Å². The van der Waals surface area contributed by atoms with Gasteiger partial charge in [0.2, 0.25) is 15.9 Å². The minimum atomic E-state index is -3.47. The van der Waals surface area contributed by atoms with Gasteiger partial charge in [-0.25, -0.2) is 8.42 Å². The van der Waals surface area contributed by atoms with Crippen LogP contribution < -0.4 is 0 Å². The van der Waals surface area contributed by atoms with E-state index in [1.807, 2.05) is 13.0 Å². The number of aryl methyl sites for hydroxylation is 1. The third-order valence-electron chi connectivity index (χ3n) is 5.06. The van der Waals surface area contributed by atoms with E-state index in [9.17, 15) is 13.2 Å². The van der Waals surface area contributed by atoms with E-state index in [-0.39, 0.29) is 5.91 Å². The molecule has 0 radical (unpaired) electrons. The van der Waals surface area contributed by atoms with Crippen molar-refractivity contribution in [2.24, 2.45) is 0 Å². The first-order valence-corrected chi connectivity index (χ1v) is 10.5. The fourth-order valence-electron chi connectivity index (χ4n) is 3.52. The van der Waals surface area contributed by atoms with Crippen molar-refractivity contribution in [2.45, 2.75) is 31.1 Å². The molecule has 0 bridgehead atoms. The molecule has 3 rings (SSSR count). The summed E-state index contributed by atoms with van der Waals surface area (Å²) in [7, 11) is -3.47. The number of nitrogens with zero attached hydrogens (tertiary/aromatic N) is 3. The highest BCUT2D eigenvalue weighted by atomic mass is 32.2. The second-order valence-electron chi connectivity index (χ2n) is 6.90. The number of amides is 1. The van der Waals surface area contributed by atoms with Gasteiger partial charge in [-0.15, -0.1) is 0 Å². The first kappa shape index (κ1) is 18.4. The highest BCUT2D eigenvalue weighted by Crippen LogP contribution is 2.19. The van der Waals surface area contributed by atoms with Crippen LogP contribution in [0.2, 0.25) is 0 Å². The van der Waals surface area contributed by atoms with E-state index < -0.39 is 10.0 Å². The van der Waals surface area contributed by atoms with Gasteiger partial charge in [0.25, 0.3) is 0 Å². The number of carbonyl (C=O) groups is 1. The van der Waals surface area contributed by atoms with Gasteiger partial charge in [0.1, 0.15) is 0 Å². The topological polar surface area (TPSA) is 60.9 Å². The molecule has 0 saturated carbocycles. The third kappa shape index (κ3) is 4.40. The molecule has 1 aromatic carbocycles. The van der Waals surface area contributed by atoms with Gasteiger partial charge in [-0.1, -0.05) is 12.1 Å². The van der Waals surface area contributed by atoms with Crippen molar-refractivity contribution in [3.63, 3.8) is 0 Å². The number of benzene rings is 1. The lowest BCUT2D eigenvalue weighted by molar-refractivity contribution is -0.132. The number of hydrogen-bond donors (Lipinski definition) is 0. The van der Waals surface area contributed by atoms with Crippen LogP contribution >= 0.6 is 0 Å². The predicted molar refractivity (Wildman–Crippen MR) is 96.8 cm³/mol. The molecule has 138 valence electrons. The molecule has 25 heavy (non-hydrogen) atoms. The molecule has 7 heteroatoms. The molecular formula is C18H27N3O3S. The monoisotopic (exact) mass is 365 g/mol. The summed E-state index contributed by atoms with van der Waals surface area (Å²) >= 11 is 0. The summed E-state index contributed by atoms with van der Waals surface area (Å²) < 4.78 is 27.0. The van der Waals surface area contributed by atoms with Crippen molar-refractivity contribution in [2.75, 3.05) is 45.8 Å². The van der Waals surface area contributed by atoms with Crippen LogP contribution in [0, 0.1) is 6.92 Å². The van der Waals surface area contributed by atoms with Crippen molar-refractivity contribution in [3.05, 3.63) is 29.8 Å². The van der Waals surface area contributed by atoms with Crippen molar-refractivity contribution < 1.29 is 13.2 Å². The SMILES string of the molecule is Cc1cccc(S(=O)(=O)N2CCN(C(=O)CCN3CCCC3)CC2)c1. The van der Waals surface area contributed by atoms with Crippen molar-refractivity contribution in [3.8, 4) is 0 Å². The summed E-state index contributed by atoms with van der Waals surface area (Å²) in [6.45, 7) is 6.58. The second-order valence-corrected chi connectivity index (χ2v) is 8.84. The van der Waals surface area contributed by atoms with Crippen LogP contribution in [0.15, 0.2) is 29.2 Å². The van der Waals surface area contributed by atoms with E-state index in [2.05, 4.69) is 4.90 Å². The minimum Gasteiger partial charge on any atom is -0.340 e. The summed E-state index contributed by atoms with van der Waals surface area (Å²) in [6.07, 6.45) is 2.98. The largest absolute Gasteiger partial charge is 0.340 e. The third-order valence-corrected chi connectivity index (χ3v) is 6.95. The number of rotatable bonds is 5. The van der Waals surface area contributed by atoms with Crippen LogP contribution in [-0.4, -0.2) is 74.2 Å². The highest BCUT2D eigenvalue weighted by molar-refractivity contribution is 7.89. The molecule has 0 aliphatic carbocycles. The number of sulfonamides is 1. The van der Waals surface area contributed by atoms with Crippen LogP contribution in [0.5, 0.6) is 0 Å². The Bertz CT molecular complexity index is 706. The zero-order valence-corrected chi connectivity index (χ0v) is 15.7. The first-order valence-electron chi connectivity index (χ1n) is 9.04. The van der Waals surface area contributed by atoms with Gasteiger partial charge in [-0.05, 0) is 50.6 Å². The number of carbonyl (C=O) groups excluding carboxylic acids is 1. The molecule has 2 fully saturated rings. The maximum absolute atomic E-state index is 12.7. The van der Waals surface area contributed by atoms with Crippen LogP contribution in [-0.2, 0) is 14.8 Å². The average Bonchev–Trinajstić information content (AvgIpc) is 3.13. The van der Waals surface area contributed by atoms with Crippen molar-refractivity contribution >= 4 is 15.9 Å². The maximum Gasteiger partial charge on any atom is 0.243 e. The zero-order valence-electron chi connectivity index (χ0n) is 14.9. The number of likely N-dealkylation sites (tertiary alicyclic amines) is 1. The first-order chi connectivity index (χ1) is 12.0. The molecule has 2 saturated heterocycles. The van der Waals surface area contributed by atoms with Crippen LogP contribution in [0.4, 0.5) is 0 Å². The van der Waals surface area contributed by atoms with E-state index in [1.165, 1.54) is 17.1 Å². The average molecular weight is 365 g/mol. The summed E-state index contributed by atoms with van der Waals surface area (Å²) in [5.41, 5.74) is 0.928. The maximum atomic E-state index is 12.7. The number of piperazine rings is 1. The molecule has 1 amide bonds. The summed E-state index contributed by atoms with van der Waals surface area (Å²) in [5.74, 6) is 0.138. The quantitative estimate of drug-likeness (QED) is 0.789. The molecule has 6 nitrogen and oxygen atoms in total. The molecule has 2 aliphatic rings. The normalized spacial score (nSPS) is 20.1. The van der Waals surface area contributed by atoms with Gasteiger partial charge in [0, 0.05) is 39.1 Å². The summed E-state index contributed by atoms with van der Waals surface area (Å²) in [4.78, 5) is 16.8. The fraction of sp³-hybridized carbons (Fsp3) is 0.611. The van der Waals surface area contributed by atoms with E-state index in [0.29, 0.717) is 37.5 Å². The Morgan fingerprint density at radius 2 is 1.72 bits per heavy atom. The Morgan fingerprint density at radius 1 is 1.04 bits per heavy atom. The van der Waals surface area contributed by atoms with Gasteiger partial charge in [-0.3, -0.25) is 4.79 Å². The van der Waals surface area contributed by atoms with Crippen LogP contribution in [0.25, 0.3) is 0 Å². The molecule has 0 spiro atoms. The summed E-state index contributed by atoms with van der Waals surface area (Å²) in [5, 5.41) is 0. The molecular weight excluding hydrogens is 338 g/mol. The van der Waals surface area contributed by atoms with Crippen LogP contribution in [0.3, 0.4) is 0 Å². The molecule has 0 aromatic heterocycles. The van der Waals surface area contributed by atoms with Crippen LogP contribution in [0.1, 0.15) is 24.8 Å². The Labute approximate surface area is 150 Å². The smallest absolute Gasteiger partial charge is 0.243 e. The molecule has 0 atom stereocenters. The minimum absolute atomic E-state index is 0.138. The Morgan fingerprint density at radius 3 is 2.36 bits per heavy atom. The number of hydrogen-bond acceptors (Lipinski definition) is 4. The highest BCUT2D eigenvalue weighted by Gasteiger charge is 2.30. The molecule has 1 aromatic rings. The lowest BCUT2D eigenvalue weighted by atomic mass is 10.2. The van der Waals surface area contributed by atoms with Crippen molar-refractivity contribution in [1.82, 2.24) is 14.1 Å².